The van der Waals surface area contributed by atoms with Gasteiger partial charge >= 0.3 is 0 Å². The van der Waals surface area contributed by atoms with Crippen molar-refractivity contribution < 1.29 is 9.18 Å². The molecule has 1 aromatic carbocycles. The van der Waals surface area contributed by atoms with Gasteiger partial charge in [-0.25, -0.2) is 4.39 Å². The Balaban J connectivity index is 2.20. The van der Waals surface area contributed by atoms with Crippen LogP contribution in [-0.4, -0.2) is 23.9 Å². The van der Waals surface area contributed by atoms with E-state index < -0.39 is 11.2 Å². The number of hydrogen-bond donors (Lipinski definition) is 0. The van der Waals surface area contributed by atoms with E-state index in [1.54, 1.807) is 17.0 Å². The van der Waals surface area contributed by atoms with E-state index in [2.05, 4.69) is 15.9 Å². The molecule has 1 atom stereocenters. The molecule has 1 saturated heterocycles. The van der Waals surface area contributed by atoms with Crippen LogP contribution in [0.15, 0.2) is 22.7 Å². The number of amides is 1. The molecule has 5 heteroatoms. The van der Waals surface area contributed by atoms with E-state index in [1.807, 2.05) is 0 Å². The van der Waals surface area contributed by atoms with Gasteiger partial charge in [0.1, 0.15) is 11.2 Å². The number of nitrogens with zero attached hydrogens (tertiary/aromatic N) is 1. The topological polar surface area (TPSA) is 20.3 Å². The van der Waals surface area contributed by atoms with Crippen LogP contribution in [-0.2, 0) is 4.79 Å². The normalized spacial score (nSPS) is 17.2. The van der Waals surface area contributed by atoms with Gasteiger partial charge in [-0.3, -0.25) is 4.79 Å². The Morgan fingerprint density at radius 2 is 2.06 bits per heavy atom. The Hall–Kier alpha value is -0.610. The minimum atomic E-state index is -0.939. The predicted octanol–water partition coefficient (Wildman–Crippen LogP) is 3.49. The molecule has 0 radical (unpaired) electrons. The maximum atomic E-state index is 13.6. The fraction of sp³-hybridized carbons (Fsp3) is 0.417. The van der Waals surface area contributed by atoms with Gasteiger partial charge in [-0.2, -0.15) is 0 Å². The second kappa shape index (κ2) is 5.36. The molecule has 1 aromatic rings. The summed E-state index contributed by atoms with van der Waals surface area (Å²) >= 11 is 9.31. The highest BCUT2D eigenvalue weighted by atomic mass is 79.9. The van der Waals surface area contributed by atoms with E-state index in [0.29, 0.717) is 4.47 Å². The molecule has 17 heavy (non-hydrogen) atoms. The van der Waals surface area contributed by atoms with Crippen molar-refractivity contribution in [1.29, 1.82) is 0 Å². The lowest BCUT2D eigenvalue weighted by atomic mass is 10.1. The highest BCUT2D eigenvalue weighted by Crippen LogP contribution is 2.29. The van der Waals surface area contributed by atoms with E-state index >= 15 is 0 Å². The average Bonchev–Trinajstić information content (AvgIpc) is 2.84. The molecule has 0 bridgehead atoms. The molecule has 1 amide bonds. The Labute approximate surface area is 113 Å². The summed E-state index contributed by atoms with van der Waals surface area (Å²) in [4.78, 5) is 13.7. The summed E-state index contributed by atoms with van der Waals surface area (Å²) in [5, 5.41) is -0.939. The Kier molecular flexibility index (Phi) is 4.05. The monoisotopic (exact) mass is 319 g/mol. The summed E-state index contributed by atoms with van der Waals surface area (Å²) in [5.41, 5.74) is 0.234. The van der Waals surface area contributed by atoms with Crippen LogP contribution >= 0.6 is 27.5 Å². The fourth-order valence-electron chi connectivity index (χ4n) is 1.94. The van der Waals surface area contributed by atoms with E-state index in [1.165, 1.54) is 6.07 Å². The van der Waals surface area contributed by atoms with Crippen molar-refractivity contribution in [3.8, 4) is 0 Å². The standard InChI is InChI=1S/C12H12BrClFNO/c13-8-3-4-10(15)9(7-8)11(14)12(17)16-5-1-2-6-16/h3-4,7,11H,1-2,5-6H2. The summed E-state index contributed by atoms with van der Waals surface area (Å²) < 4.78 is 14.3. The van der Waals surface area contributed by atoms with Crippen molar-refractivity contribution in [2.75, 3.05) is 13.1 Å². The molecule has 2 rings (SSSR count). The molecule has 0 spiro atoms. The maximum Gasteiger partial charge on any atom is 0.245 e. The van der Waals surface area contributed by atoms with Gasteiger partial charge in [0.05, 0.1) is 0 Å². The Morgan fingerprint density at radius 3 is 2.71 bits per heavy atom. The van der Waals surface area contributed by atoms with Crippen molar-refractivity contribution in [1.82, 2.24) is 4.90 Å². The molecular formula is C12H12BrClFNO. The highest BCUT2D eigenvalue weighted by Gasteiger charge is 2.27. The van der Waals surface area contributed by atoms with Crippen LogP contribution in [0, 0.1) is 5.82 Å². The molecule has 2 nitrogen and oxygen atoms in total. The fourth-order valence-corrected chi connectivity index (χ4v) is 2.62. The van der Waals surface area contributed by atoms with Gasteiger partial charge in [0.25, 0.3) is 0 Å². The lowest BCUT2D eigenvalue weighted by Crippen LogP contribution is -2.31. The number of benzene rings is 1. The number of likely N-dealkylation sites (tertiary alicyclic amines) is 1. The zero-order valence-electron chi connectivity index (χ0n) is 9.13. The predicted molar refractivity (Wildman–Crippen MR) is 68.5 cm³/mol. The molecular weight excluding hydrogens is 308 g/mol. The van der Waals surface area contributed by atoms with Gasteiger partial charge < -0.3 is 4.90 Å². The third-order valence-electron chi connectivity index (χ3n) is 2.87. The minimum Gasteiger partial charge on any atom is -0.341 e. The second-order valence-corrected chi connectivity index (χ2v) is 5.41. The van der Waals surface area contributed by atoms with Gasteiger partial charge in [-0.1, -0.05) is 15.9 Å². The average molecular weight is 321 g/mol. The van der Waals surface area contributed by atoms with Gasteiger partial charge in [-0.15, -0.1) is 11.6 Å². The molecule has 1 aliphatic heterocycles. The van der Waals surface area contributed by atoms with E-state index in [4.69, 9.17) is 11.6 Å². The molecule has 1 fully saturated rings. The summed E-state index contributed by atoms with van der Waals surface area (Å²) in [7, 11) is 0. The lowest BCUT2D eigenvalue weighted by Gasteiger charge is -2.19. The van der Waals surface area contributed by atoms with Crippen LogP contribution in [0.5, 0.6) is 0 Å². The van der Waals surface area contributed by atoms with Crippen LogP contribution < -0.4 is 0 Å². The Bertz CT molecular complexity index is 435. The second-order valence-electron chi connectivity index (χ2n) is 4.06. The number of halogens is 3. The first-order chi connectivity index (χ1) is 8.09. The number of alkyl halides is 1. The highest BCUT2D eigenvalue weighted by molar-refractivity contribution is 9.10. The van der Waals surface area contributed by atoms with Crippen LogP contribution in [0.4, 0.5) is 4.39 Å². The van der Waals surface area contributed by atoms with E-state index in [0.717, 1.165) is 25.9 Å². The maximum absolute atomic E-state index is 13.6. The summed E-state index contributed by atoms with van der Waals surface area (Å²) in [5.74, 6) is -0.651. The van der Waals surface area contributed by atoms with Gasteiger partial charge in [0.15, 0.2) is 0 Å². The first kappa shape index (κ1) is 12.8. The molecule has 0 aromatic heterocycles. The molecule has 0 N–H and O–H groups in total. The van der Waals surface area contributed by atoms with Crippen molar-refractivity contribution in [2.24, 2.45) is 0 Å². The summed E-state index contributed by atoms with van der Waals surface area (Å²) in [6.45, 7) is 1.44. The van der Waals surface area contributed by atoms with Crippen LogP contribution in [0.2, 0.25) is 0 Å². The first-order valence-corrected chi connectivity index (χ1v) is 6.70. The van der Waals surface area contributed by atoms with E-state index in [-0.39, 0.29) is 11.5 Å². The third-order valence-corrected chi connectivity index (χ3v) is 3.78. The van der Waals surface area contributed by atoms with Crippen molar-refractivity contribution >= 4 is 33.4 Å². The minimum absolute atomic E-state index is 0.207. The molecule has 92 valence electrons. The van der Waals surface area contributed by atoms with E-state index in [9.17, 15) is 9.18 Å². The zero-order valence-corrected chi connectivity index (χ0v) is 11.5. The quantitative estimate of drug-likeness (QED) is 0.764. The number of carbonyl (C=O) groups excluding carboxylic acids is 1. The molecule has 0 saturated carbocycles. The van der Waals surface area contributed by atoms with Gasteiger partial charge in [0, 0.05) is 23.1 Å². The third kappa shape index (κ3) is 2.80. The van der Waals surface area contributed by atoms with Gasteiger partial charge in [0.2, 0.25) is 5.91 Å². The Morgan fingerprint density at radius 1 is 1.41 bits per heavy atom. The first-order valence-electron chi connectivity index (χ1n) is 5.47. The zero-order chi connectivity index (χ0) is 12.4. The van der Waals surface area contributed by atoms with Crippen molar-refractivity contribution in [3.05, 3.63) is 34.1 Å². The molecule has 1 unspecified atom stereocenters. The van der Waals surface area contributed by atoms with Crippen molar-refractivity contribution in [3.63, 3.8) is 0 Å². The number of rotatable bonds is 2. The lowest BCUT2D eigenvalue weighted by molar-refractivity contribution is -0.129. The SMILES string of the molecule is O=C(C(Cl)c1cc(Br)ccc1F)N1CCCC1. The molecule has 0 aliphatic carbocycles. The van der Waals surface area contributed by atoms with Crippen molar-refractivity contribution in [2.45, 2.75) is 18.2 Å². The molecule has 1 aliphatic rings. The van der Waals surface area contributed by atoms with Crippen LogP contribution in [0.25, 0.3) is 0 Å². The smallest absolute Gasteiger partial charge is 0.245 e. The molecule has 1 heterocycles. The largest absolute Gasteiger partial charge is 0.341 e. The number of hydrogen-bond acceptors (Lipinski definition) is 1. The number of carbonyl (C=O) groups is 1. The van der Waals surface area contributed by atoms with Crippen LogP contribution in [0.3, 0.4) is 0 Å². The van der Waals surface area contributed by atoms with Gasteiger partial charge in [-0.05, 0) is 31.0 Å². The van der Waals surface area contributed by atoms with Crippen LogP contribution in [0.1, 0.15) is 23.8 Å². The summed E-state index contributed by atoms with van der Waals surface area (Å²) in [6.07, 6.45) is 1.99. The summed E-state index contributed by atoms with van der Waals surface area (Å²) in [6, 6.07) is 4.45.